The Labute approximate surface area is 94.8 Å². The first-order chi connectivity index (χ1) is 7.38. The number of pyridine rings is 1. The van der Waals surface area contributed by atoms with Crippen LogP contribution in [0.5, 0.6) is 0 Å². The molecule has 6 heteroatoms. The molecule has 5 nitrogen and oxygen atoms in total. The minimum Gasteiger partial charge on any atom is -0.397 e. The van der Waals surface area contributed by atoms with E-state index in [9.17, 15) is 8.42 Å². The van der Waals surface area contributed by atoms with Crippen molar-refractivity contribution in [1.82, 2.24) is 4.98 Å². The summed E-state index contributed by atoms with van der Waals surface area (Å²) in [6.07, 6.45) is 3.15. The Morgan fingerprint density at radius 3 is 2.75 bits per heavy atom. The van der Waals surface area contributed by atoms with E-state index < -0.39 is 15.4 Å². The van der Waals surface area contributed by atoms with Crippen LogP contribution in [0.2, 0.25) is 0 Å². The van der Waals surface area contributed by atoms with Crippen LogP contribution in [0.4, 0.5) is 0 Å². The molecule has 88 valence electrons. The minimum atomic E-state index is -4.14. The van der Waals surface area contributed by atoms with E-state index in [0.717, 1.165) is 0 Å². The highest BCUT2D eigenvalue weighted by molar-refractivity contribution is 7.86. The molecule has 0 bridgehead atoms. The normalized spacial score (nSPS) is 14.8. The third-order valence-electron chi connectivity index (χ3n) is 2.31. The van der Waals surface area contributed by atoms with Crippen molar-refractivity contribution in [3.05, 3.63) is 35.7 Å². The lowest BCUT2D eigenvalue weighted by molar-refractivity contribution is 0.472. The summed E-state index contributed by atoms with van der Waals surface area (Å²) in [5.74, 6) is 0. The summed E-state index contributed by atoms with van der Waals surface area (Å²) >= 11 is 0. The molecule has 0 saturated heterocycles. The van der Waals surface area contributed by atoms with Gasteiger partial charge in [0.2, 0.25) is 0 Å². The molecular weight excluding hydrogens is 228 g/mol. The van der Waals surface area contributed by atoms with Gasteiger partial charge in [0.15, 0.2) is 0 Å². The monoisotopic (exact) mass is 242 g/mol. The molecule has 3 N–H and O–H groups in total. The number of hydrogen-bond donors (Lipinski definition) is 2. The van der Waals surface area contributed by atoms with Gasteiger partial charge in [-0.2, -0.15) is 8.42 Å². The molecule has 0 spiro atoms. The van der Waals surface area contributed by atoms with Gasteiger partial charge >= 0.3 is 0 Å². The number of nitrogens with zero attached hydrogens (tertiary/aromatic N) is 1. The van der Waals surface area contributed by atoms with Crippen molar-refractivity contribution in [3.63, 3.8) is 0 Å². The van der Waals surface area contributed by atoms with Gasteiger partial charge in [-0.25, -0.2) is 0 Å². The van der Waals surface area contributed by atoms with Crippen LogP contribution in [0.15, 0.2) is 24.4 Å². The molecule has 0 radical (unpaired) electrons. The number of allylic oxidation sites excluding steroid dienone is 1. The first-order valence-electron chi connectivity index (χ1n) is 4.71. The zero-order valence-corrected chi connectivity index (χ0v) is 9.90. The third-order valence-corrected chi connectivity index (χ3v) is 3.46. The van der Waals surface area contributed by atoms with E-state index >= 15 is 0 Å². The third kappa shape index (κ3) is 2.59. The van der Waals surface area contributed by atoms with E-state index in [0.29, 0.717) is 17.0 Å². The highest BCUT2D eigenvalue weighted by Crippen LogP contribution is 2.25. The summed E-state index contributed by atoms with van der Waals surface area (Å²) < 4.78 is 31.1. The molecule has 16 heavy (non-hydrogen) atoms. The van der Waals surface area contributed by atoms with Gasteiger partial charge in [0.1, 0.15) is 5.25 Å². The van der Waals surface area contributed by atoms with E-state index in [1.807, 2.05) is 0 Å². The summed E-state index contributed by atoms with van der Waals surface area (Å²) in [5.41, 5.74) is 6.85. The first kappa shape index (κ1) is 12.7. The Kier molecular flexibility index (Phi) is 3.66. The Hall–Kier alpha value is -1.40. The molecule has 1 atom stereocenters. The van der Waals surface area contributed by atoms with Gasteiger partial charge in [-0.1, -0.05) is 12.1 Å². The van der Waals surface area contributed by atoms with Gasteiger partial charge in [0, 0.05) is 11.8 Å². The fourth-order valence-electron chi connectivity index (χ4n) is 1.28. The smallest absolute Gasteiger partial charge is 0.271 e. The average molecular weight is 242 g/mol. The van der Waals surface area contributed by atoms with Gasteiger partial charge in [-0.05, 0) is 19.9 Å². The number of hydrogen-bond acceptors (Lipinski definition) is 4. The quantitative estimate of drug-likeness (QED) is 0.780. The second-order valence-electron chi connectivity index (χ2n) is 3.34. The minimum absolute atomic E-state index is 0.381. The maximum absolute atomic E-state index is 11.1. The molecule has 0 amide bonds. The predicted octanol–water partition coefficient (Wildman–Crippen LogP) is 1.35. The molecule has 1 rings (SSSR count). The van der Waals surface area contributed by atoms with Crippen LogP contribution >= 0.6 is 0 Å². The SMILES string of the molecule is C/C=C(/N)c1ncccc1C(C)S(=O)(=O)O. The van der Waals surface area contributed by atoms with Crippen molar-refractivity contribution in [3.8, 4) is 0 Å². The van der Waals surface area contributed by atoms with Crippen LogP contribution in [0.1, 0.15) is 30.4 Å². The molecule has 0 aromatic carbocycles. The largest absolute Gasteiger partial charge is 0.397 e. The van der Waals surface area contributed by atoms with E-state index in [4.69, 9.17) is 10.3 Å². The van der Waals surface area contributed by atoms with Crippen molar-refractivity contribution >= 4 is 15.8 Å². The Morgan fingerprint density at radius 2 is 2.25 bits per heavy atom. The van der Waals surface area contributed by atoms with Crippen molar-refractivity contribution in [2.45, 2.75) is 19.1 Å². The van der Waals surface area contributed by atoms with E-state index in [-0.39, 0.29) is 0 Å². The Balaban J connectivity index is 3.35. The highest BCUT2D eigenvalue weighted by Gasteiger charge is 2.23. The summed E-state index contributed by atoms with van der Waals surface area (Å²) in [5, 5.41) is -1.05. The lowest BCUT2D eigenvalue weighted by atomic mass is 10.1. The van der Waals surface area contributed by atoms with E-state index in [1.54, 1.807) is 25.1 Å². The van der Waals surface area contributed by atoms with Crippen LogP contribution in [-0.4, -0.2) is 18.0 Å². The molecular formula is C10H14N2O3S. The number of aromatic nitrogens is 1. The molecule has 0 aliphatic carbocycles. The molecule has 0 aliphatic heterocycles. The lowest BCUT2D eigenvalue weighted by Gasteiger charge is -2.12. The topological polar surface area (TPSA) is 93.3 Å². The second kappa shape index (κ2) is 4.63. The van der Waals surface area contributed by atoms with Crippen LogP contribution in [0.3, 0.4) is 0 Å². The van der Waals surface area contributed by atoms with Crippen molar-refractivity contribution < 1.29 is 13.0 Å². The second-order valence-corrected chi connectivity index (χ2v) is 5.08. The number of nitrogens with two attached hydrogens (primary N) is 1. The molecule has 1 aromatic heterocycles. The number of rotatable bonds is 3. The van der Waals surface area contributed by atoms with Crippen molar-refractivity contribution in [2.75, 3.05) is 0 Å². The summed E-state index contributed by atoms with van der Waals surface area (Å²) in [6.45, 7) is 3.12. The highest BCUT2D eigenvalue weighted by atomic mass is 32.2. The van der Waals surface area contributed by atoms with Gasteiger partial charge in [-0.3, -0.25) is 9.54 Å². The van der Waals surface area contributed by atoms with E-state index in [2.05, 4.69) is 4.98 Å². The maximum atomic E-state index is 11.1. The zero-order chi connectivity index (χ0) is 12.3. The molecule has 0 aliphatic rings. The Bertz CT molecular complexity index is 509. The van der Waals surface area contributed by atoms with Crippen LogP contribution in [-0.2, 0) is 10.1 Å². The standard InChI is InChI=1S/C10H14N2O3S/c1-3-9(11)10-8(5-4-6-12-10)7(2)16(13,14)15/h3-7H,11H2,1-2H3,(H,13,14,15)/b9-3+. The van der Waals surface area contributed by atoms with Gasteiger partial charge in [0.25, 0.3) is 10.1 Å². The van der Waals surface area contributed by atoms with Crippen molar-refractivity contribution in [1.29, 1.82) is 0 Å². The van der Waals surface area contributed by atoms with Crippen molar-refractivity contribution in [2.24, 2.45) is 5.73 Å². The summed E-state index contributed by atoms with van der Waals surface area (Å²) in [6, 6.07) is 3.18. The maximum Gasteiger partial charge on any atom is 0.271 e. The molecule has 1 heterocycles. The molecule has 0 saturated carbocycles. The first-order valence-corrected chi connectivity index (χ1v) is 6.21. The van der Waals surface area contributed by atoms with Gasteiger partial charge in [-0.15, -0.1) is 0 Å². The average Bonchev–Trinajstić information content (AvgIpc) is 2.25. The van der Waals surface area contributed by atoms with Crippen LogP contribution in [0, 0.1) is 0 Å². The summed E-state index contributed by atoms with van der Waals surface area (Å²) in [4.78, 5) is 4.02. The fraction of sp³-hybridized carbons (Fsp3) is 0.300. The molecule has 0 fully saturated rings. The molecule has 1 unspecified atom stereocenters. The van der Waals surface area contributed by atoms with Gasteiger partial charge in [0.05, 0.1) is 11.4 Å². The summed E-state index contributed by atoms with van der Waals surface area (Å²) in [7, 11) is -4.14. The lowest BCUT2D eigenvalue weighted by Crippen LogP contribution is -2.13. The Morgan fingerprint density at radius 1 is 1.62 bits per heavy atom. The van der Waals surface area contributed by atoms with Crippen LogP contribution < -0.4 is 5.73 Å². The molecule has 1 aromatic rings. The van der Waals surface area contributed by atoms with Crippen LogP contribution in [0.25, 0.3) is 5.70 Å². The zero-order valence-electron chi connectivity index (χ0n) is 9.08. The fourth-order valence-corrected chi connectivity index (χ4v) is 1.80. The predicted molar refractivity (Wildman–Crippen MR) is 62.0 cm³/mol. The van der Waals surface area contributed by atoms with Gasteiger partial charge < -0.3 is 5.73 Å². The van der Waals surface area contributed by atoms with E-state index in [1.165, 1.54) is 13.1 Å².